The zero-order valence-corrected chi connectivity index (χ0v) is 23.1. The predicted octanol–water partition coefficient (Wildman–Crippen LogP) is 3.46. The van der Waals surface area contributed by atoms with Crippen molar-refractivity contribution in [1.29, 1.82) is 0 Å². The maximum absolute atomic E-state index is 14.5. The van der Waals surface area contributed by atoms with E-state index in [0.29, 0.717) is 23.2 Å². The van der Waals surface area contributed by atoms with E-state index in [9.17, 15) is 9.59 Å². The van der Waals surface area contributed by atoms with Gasteiger partial charge in [-0.2, -0.15) is 0 Å². The van der Waals surface area contributed by atoms with Gasteiger partial charge in [-0.3, -0.25) is 4.79 Å². The van der Waals surface area contributed by atoms with Crippen LogP contribution in [0.15, 0.2) is 60.7 Å². The molecule has 0 amide bonds. The topological polar surface area (TPSA) is 102 Å². The molecule has 40 heavy (non-hydrogen) atoms. The van der Waals surface area contributed by atoms with Gasteiger partial charge in [0.1, 0.15) is 6.10 Å². The molecular formula is C32H39NO7. The lowest BCUT2D eigenvalue weighted by Gasteiger charge is -2.47. The molecule has 1 aliphatic carbocycles. The molecule has 2 bridgehead atoms. The van der Waals surface area contributed by atoms with Crippen LogP contribution in [0.1, 0.15) is 69.4 Å². The number of rotatable bonds is 8. The predicted molar refractivity (Wildman–Crippen MR) is 144 cm³/mol. The first-order chi connectivity index (χ1) is 19.4. The van der Waals surface area contributed by atoms with E-state index in [1.807, 2.05) is 60.7 Å². The van der Waals surface area contributed by atoms with Crippen LogP contribution < -0.4 is 5.11 Å². The summed E-state index contributed by atoms with van der Waals surface area (Å²) in [5, 5.41) is 8.25. The van der Waals surface area contributed by atoms with Crippen LogP contribution >= 0.6 is 0 Å². The van der Waals surface area contributed by atoms with Gasteiger partial charge in [0, 0.05) is 57.8 Å². The summed E-state index contributed by atoms with van der Waals surface area (Å²) in [6, 6.07) is 20.3. The van der Waals surface area contributed by atoms with Gasteiger partial charge in [0.15, 0.2) is 0 Å². The number of piperidine rings is 1. The molecular weight excluding hydrogens is 510 g/mol. The van der Waals surface area contributed by atoms with Gasteiger partial charge >= 0.3 is 11.9 Å². The summed E-state index contributed by atoms with van der Waals surface area (Å²) in [5.74, 6) is -0.751. The van der Waals surface area contributed by atoms with E-state index in [0.717, 1.165) is 25.7 Å². The highest BCUT2D eigenvalue weighted by molar-refractivity contribution is 5.86. The van der Waals surface area contributed by atoms with Crippen LogP contribution in [0.4, 0.5) is 0 Å². The molecule has 4 fully saturated rings. The van der Waals surface area contributed by atoms with Gasteiger partial charge in [-0.1, -0.05) is 60.7 Å². The Balaban J connectivity index is 0.00000103. The molecule has 8 heteroatoms. The summed E-state index contributed by atoms with van der Waals surface area (Å²) < 4.78 is 20.0. The number of ether oxygens (including phenoxy) is 3. The number of carbonyl (C=O) groups excluding carboxylic acids is 3. The number of carboxylic acid groups (broad SMARTS) is 1. The molecule has 3 unspecified atom stereocenters. The van der Waals surface area contributed by atoms with Crippen molar-refractivity contribution in [3.8, 4) is 0 Å². The zero-order chi connectivity index (χ0) is 28.2. The Morgan fingerprint density at radius 1 is 0.900 bits per heavy atom. The second-order valence-corrected chi connectivity index (χ2v) is 11.6. The smallest absolute Gasteiger partial charge is 0.348 e. The average Bonchev–Trinajstić information content (AvgIpc) is 3.67. The number of carbonyl (C=O) groups is 3. The normalized spacial score (nSPS) is 25.4. The molecule has 3 heterocycles. The second-order valence-electron chi connectivity index (χ2n) is 11.6. The Morgan fingerprint density at radius 3 is 1.85 bits per heavy atom. The Morgan fingerprint density at radius 2 is 1.40 bits per heavy atom. The Hall–Kier alpha value is -3.23. The molecule has 8 nitrogen and oxygen atoms in total. The van der Waals surface area contributed by atoms with E-state index in [1.54, 1.807) is 0 Å². The summed E-state index contributed by atoms with van der Waals surface area (Å²) in [5.41, 5.74) is -0.154. The van der Waals surface area contributed by atoms with Crippen LogP contribution in [0, 0.1) is 5.92 Å². The maximum atomic E-state index is 14.5. The molecule has 3 saturated heterocycles. The lowest BCUT2D eigenvalue weighted by atomic mass is 9.85. The van der Waals surface area contributed by atoms with Gasteiger partial charge < -0.3 is 28.6 Å². The molecule has 3 atom stereocenters. The monoisotopic (exact) mass is 549 g/mol. The van der Waals surface area contributed by atoms with Gasteiger partial charge in [-0.25, -0.2) is 4.79 Å². The minimum Gasteiger partial charge on any atom is -0.554 e. The van der Waals surface area contributed by atoms with Gasteiger partial charge in [0.2, 0.25) is 11.9 Å². The summed E-state index contributed by atoms with van der Waals surface area (Å²) in [6.45, 7) is 3.45. The van der Waals surface area contributed by atoms with Crippen LogP contribution in [0.5, 0.6) is 0 Å². The molecule has 0 N–H and O–H groups in total. The highest BCUT2D eigenvalue weighted by atomic mass is 16.7. The number of quaternary nitrogens is 1. The van der Waals surface area contributed by atoms with E-state index >= 15 is 0 Å². The van der Waals surface area contributed by atoms with Crippen LogP contribution in [-0.2, 0) is 34.2 Å². The number of nitrogens with zero attached hydrogens (tertiary/aromatic N) is 1. The lowest BCUT2D eigenvalue weighted by molar-refractivity contribution is -0.956. The average molecular weight is 550 g/mol. The third kappa shape index (κ3) is 5.52. The summed E-state index contributed by atoms with van der Waals surface area (Å²) >= 11 is 0. The van der Waals surface area contributed by atoms with Gasteiger partial charge in [0.25, 0.3) is 0 Å². The van der Waals surface area contributed by atoms with Crippen molar-refractivity contribution in [3.05, 3.63) is 71.8 Å². The standard InChI is InChI=1S/C31H38NO5.CH2O2/c1-22(33)35-29(23-14-15-23)37-31(24-10-4-2-5-11-24,25-12-6-3-7-13-25)30(34)36-28-20-26-16-17-27(21-28)32(26)18-8-9-19-32;2-1-3/h2-7,10-13,23,26-29H,8-9,14-21H2,1H3;1H,(H,2,3)/q+1;/p-1. The Labute approximate surface area is 235 Å². The first-order valence-electron chi connectivity index (χ1n) is 14.5. The fraction of sp³-hybridized carbons (Fsp3) is 0.531. The van der Waals surface area contributed by atoms with Gasteiger partial charge in [0.05, 0.1) is 25.2 Å². The summed E-state index contributed by atoms with van der Waals surface area (Å²) in [7, 11) is 0. The number of hydrogen-bond donors (Lipinski definition) is 0. The van der Waals surface area contributed by atoms with Crippen molar-refractivity contribution >= 4 is 18.4 Å². The highest BCUT2D eigenvalue weighted by Crippen LogP contribution is 2.48. The third-order valence-electron chi connectivity index (χ3n) is 9.26. The minimum absolute atomic E-state index is 0.0774. The highest BCUT2D eigenvalue weighted by Gasteiger charge is 2.57. The van der Waals surface area contributed by atoms with Crippen molar-refractivity contribution in [1.82, 2.24) is 0 Å². The molecule has 4 aliphatic rings. The van der Waals surface area contributed by atoms with Crippen molar-refractivity contribution in [2.45, 2.75) is 88.4 Å². The van der Waals surface area contributed by atoms with Gasteiger partial charge in [-0.05, 0) is 24.0 Å². The zero-order valence-electron chi connectivity index (χ0n) is 23.1. The fourth-order valence-corrected chi connectivity index (χ4v) is 7.40. The van der Waals surface area contributed by atoms with Gasteiger partial charge in [-0.15, -0.1) is 0 Å². The maximum Gasteiger partial charge on any atom is 0.348 e. The second kappa shape index (κ2) is 12.1. The van der Waals surface area contributed by atoms with Crippen molar-refractivity contribution in [2.75, 3.05) is 13.1 Å². The Kier molecular flexibility index (Phi) is 8.57. The minimum atomic E-state index is -1.53. The molecule has 0 radical (unpaired) electrons. The molecule has 6 rings (SSSR count). The molecule has 2 aromatic carbocycles. The van der Waals surface area contributed by atoms with Crippen molar-refractivity contribution in [2.24, 2.45) is 5.92 Å². The first-order valence-corrected chi connectivity index (χ1v) is 14.5. The Bertz CT molecular complexity index is 1100. The van der Waals surface area contributed by atoms with E-state index < -0.39 is 30.3 Å². The molecule has 2 aromatic rings. The van der Waals surface area contributed by atoms with E-state index in [2.05, 4.69) is 0 Å². The van der Waals surface area contributed by atoms with Crippen LogP contribution in [0.25, 0.3) is 0 Å². The fourth-order valence-electron chi connectivity index (χ4n) is 7.40. The van der Waals surface area contributed by atoms with E-state index in [-0.39, 0.29) is 12.0 Å². The SMILES string of the molecule is CC(=O)OC(OC(C(=O)OC1CC2CCC(C1)[N+]21CCCC1)(c1ccccc1)c1ccccc1)C1CC1.O=C[O-]. The quantitative estimate of drug-likeness (QED) is 0.215. The summed E-state index contributed by atoms with van der Waals surface area (Å²) in [6.07, 6.45) is 7.78. The van der Waals surface area contributed by atoms with Crippen molar-refractivity contribution in [3.63, 3.8) is 0 Å². The van der Waals surface area contributed by atoms with Crippen LogP contribution in [-0.4, -0.2) is 60.5 Å². The number of esters is 2. The third-order valence-corrected chi connectivity index (χ3v) is 9.26. The van der Waals surface area contributed by atoms with E-state index in [1.165, 1.54) is 50.2 Å². The molecule has 1 spiro atoms. The molecule has 0 aromatic heterocycles. The molecule has 1 saturated carbocycles. The van der Waals surface area contributed by atoms with E-state index in [4.69, 9.17) is 24.1 Å². The van der Waals surface area contributed by atoms with Crippen molar-refractivity contribution < 1.29 is 38.2 Å². The molecule has 3 aliphatic heterocycles. The van der Waals surface area contributed by atoms with Crippen LogP contribution in [0.2, 0.25) is 0 Å². The summed E-state index contributed by atoms with van der Waals surface area (Å²) in [4.78, 5) is 34.7. The lowest BCUT2D eigenvalue weighted by Crippen LogP contribution is -2.60. The van der Waals surface area contributed by atoms with Crippen LogP contribution in [0.3, 0.4) is 0 Å². The molecule has 214 valence electrons. The number of benzene rings is 2. The first kappa shape index (κ1) is 28.3. The largest absolute Gasteiger partial charge is 0.554 e. The number of hydrogen-bond acceptors (Lipinski definition) is 7.